The molecule has 5 heteroatoms. The first-order chi connectivity index (χ1) is 6.76. The Kier molecular flexibility index (Phi) is 4.08. The van der Waals surface area contributed by atoms with Gasteiger partial charge in [-0.25, -0.2) is 4.98 Å². The molecule has 1 unspecified atom stereocenters. The van der Waals surface area contributed by atoms with Crippen molar-refractivity contribution in [1.29, 1.82) is 5.26 Å². The second-order valence-corrected chi connectivity index (χ2v) is 4.32. The Morgan fingerprint density at radius 2 is 2.43 bits per heavy atom. The van der Waals surface area contributed by atoms with Crippen molar-refractivity contribution in [2.45, 2.75) is 5.75 Å². The zero-order valence-corrected chi connectivity index (χ0v) is 8.91. The standard InChI is InChI=1S/C9H11N3OS/c1-13-9-4-3-8(5-11-9)6-14(2)12-7-10/h3-5H,6H2,1-2H3. The average molecular weight is 209 g/mol. The summed E-state index contributed by atoms with van der Waals surface area (Å²) in [7, 11) is 1.33. The molecule has 0 bridgehead atoms. The summed E-state index contributed by atoms with van der Waals surface area (Å²) in [5, 5.41) is 8.35. The van der Waals surface area contributed by atoms with E-state index in [0.717, 1.165) is 11.3 Å². The molecule has 0 radical (unpaired) electrons. The van der Waals surface area contributed by atoms with Gasteiger partial charge in [0, 0.05) is 18.0 Å². The summed E-state index contributed by atoms with van der Waals surface area (Å²) in [6.45, 7) is 0. The van der Waals surface area contributed by atoms with Crippen LogP contribution in [0.3, 0.4) is 0 Å². The van der Waals surface area contributed by atoms with Crippen LogP contribution in [-0.2, 0) is 16.4 Å². The Labute approximate surface area is 85.6 Å². The molecule has 0 N–H and O–H groups in total. The topological polar surface area (TPSA) is 58.3 Å². The highest BCUT2D eigenvalue weighted by atomic mass is 32.2. The SMILES string of the molecule is COc1ccc(CS(C)=NC#N)cn1. The predicted octanol–water partition coefficient (Wildman–Crippen LogP) is 1.50. The highest BCUT2D eigenvalue weighted by molar-refractivity contribution is 7.85. The molecule has 4 nitrogen and oxygen atoms in total. The summed E-state index contributed by atoms with van der Waals surface area (Å²) < 4.78 is 8.67. The summed E-state index contributed by atoms with van der Waals surface area (Å²) in [6, 6.07) is 3.74. The highest BCUT2D eigenvalue weighted by Gasteiger charge is 1.96. The van der Waals surface area contributed by atoms with Crippen LogP contribution in [0.25, 0.3) is 0 Å². The smallest absolute Gasteiger partial charge is 0.212 e. The van der Waals surface area contributed by atoms with Crippen LogP contribution in [0.5, 0.6) is 5.88 Å². The lowest BCUT2D eigenvalue weighted by Crippen LogP contribution is -1.94. The van der Waals surface area contributed by atoms with Crippen molar-refractivity contribution in [3.8, 4) is 12.1 Å². The molecule has 0 saturated carbocycles. The molecule has 0 amide bonds. The van der Waals surface area contributed by atoms with Gasteiger partial charge in [0.05, 0.1) is 7.11 Å². The number of aromatic nitrogens is 1. The maximum Gasteiger partial charge on any atom is 0.212 e. The summed E-state index contributed by atoms with van der Waals surface area (Å²) >= 11 is 0. The molecular formula is C9H11N3OS. The molecule has 0 fully saturated rings. The van der Waals surface area contributed by atoms with Crippen LogP contribution < -0.4 is 4.74 Å². The van der Waals surface area contributed by atoms with Gasteiger partial charge in [-0.15, -0.1) is 0 Å². The maximum absolute atomic E-state index is 8.35. The van der Waals surface area contributed by atoms with Gasteiger partial charge >= 0.3 is 0 Å². The molecule has 1 heterocycles. The van der Waals surface area contributed by atoms with Crippen LogP contribution in [0.15, 0.2) is 22.7 Å². The first-order valence-electron chi connectivity index (χ1n) is 3.97. The first-order valence-corrected chi connectivity index (χ1v) is 5.73. The molecule has 0 spiro atoms. The lowest BCUT2D eigenvalue weighted by atomic mass is 10.3. The van der Waals surface area contributed by atoms with Crippen molar-refractivity contribution in [3.05, 3.63) is 23.9 Å². The van der Waals surface area contributed by atoms with Gasteiger partial charge in [0.1, 0.15) is 0 Å². The number of hydrogen-bond acceptors (Lipinski definition) is 4. The zero-order chi connectivity index (χ0) is 10.4. The Hall–Kier alpha value is -1.41. The quantitative estimate of drug-likeness (QED) is 0.709. The van der Waals surface area contributed by atoms with E-state index < -0.39 is 0 Å². The van der Waals surface area contributed by atoms with Crippen molar-refractivity contribution in [3.63, 3.8) is 0 Å². The second kappa shape index (κ2) is 5.35. The van der Waals surface area contributed by atoms with Crippen molar-refractivity contribution < 1.29 is 4.74 Å². The lowest BCUT2D eigenvalue weighted by Gasteiger charge is -2.01. The monoisotopic (exact) mass is 209 g/mol. The Bertz CT molecular complexity index is 367. The number of methoxy groups -OCH3 is 1. The fraction of sp³-hybridized carbons (Fsp3) is 0.333. The van der Waals surface area contributed by atoms with E-state index in [9.17, 15) is 0 Å². The molecule has 0 saturated heterocycles. The van der Waals surface area contributed by atoms with Crippen molar-refractivity contribution >= 4 is 10.7 Å². The van der Waals surface area contributed by atoms with E-state index in [4.69, 9.17) is 10.00 Å². The third-order valence-corrected chi connectivity index (χ3v) is 2.72. The molecule has 14 heavy (non-hydrogen) atoms. The largest absolute Gasteiger partial charge is 0.481 e. The summed E-state index contributed by atoms with van der Waals surface area (Å²) in [6.07, 6.45) is 5.47. The molecular weight excluding hydrogens is 198 g/mol. The fourth-order valence-electron chi connectivity index (χ4n) is 0.960. The molecule has 0 aromatic carbocycles. The molecule has 1 aromatic heterocycles. The van der Waals surface area contributed by atoms with E-state index in [1.165, 1.54) is 0 Å². The Morgan fingerprint density at radius 1 is 1.64 bits per heavy atom. The number of pyridine rings is 1. The van der Waals surface area contributed by atoms with E-state index in [2.05, 4.69) is 9.35 Å². The van der Waals surface area contributed by atoms with Crippen LogP contribution in [0.1, 0.15) is 5.56 Å². The molecule has 0 aliphatic heterocycles. The minimum Gasteiger partial charge on any atom is -0.481 e. The number of hydrogen-bond donors (Lipinski definition) is 0. The lowest BCUT2D eigenvalue weighted by molar-refractivity contribution is 0.397. The van der Waals surface area contributed by atoms with Crippen LogP contribution in [0, 0.1) is 11.5 Å². The molecule has 1 aromatic rings. The van der Waals surface area contributed by atoms with E-state index in [1.54, 1.807) is 25.6 Å². The van der Waals surface area contributed by atoms with Gasteiger partial charge in [-0.2, -0.15) is 9.62 Å². The van der Waals surface area contributed by atoms with E-state index in [-0.39, 0.29) is 10.7 Å². The van der Waals surface area contributed by atoms with Crippen LogP contribution in [0.4, 0.5) is 0 Å². The van der Waals surface area contributed by atoms with E-state index >= 15 is 0 Å². The number of nitrogens with zero attached hydrogens (tertiary/aromatic N) is 3. The molecule has 74 valence electrons. The van der Waals surface area contributed by atoms with Gasteiger partial charge in [0.25, 0.3) is 0 Å². The number of nitriles is 1. The predicted molar refractivity (Wildman–Crippen MR) is 55.8 cm³/mol. The molecule has 0 aliphatic carbocycles. The summed E-state index contributed by atoms with van der Waals surface area (Å²) in [5.74, 6) is 1.35. The fourth-order valence-corrected chi connectivity index (χ4v) is 1.82. The second-order valence-electron chi connectivity index (χ2n) is 2.64. The highest BCUT2D eigenvalue weighted by Crippen LogP contribution is 2.08. The van der Waals surface area contributed by atoms with Crippen molar-refractivity contribution in [1.82, 2.24) is 4.98 Å². The Balaban J connectivity index is 2.70. The normalized spacial score (nSPS) is 12.1. The number of ether oxygens (including phenoxy) is 1. The van der Waals surface area contributed by atoms with E-state index in [0.29, 0.717) is 5.88 Å². The van der Waals surface area contributed by atoms with Crippen molar-refractivity contribution in [2.75, 3.05) is 13.4 Å². The van der Waals surface area contributed by atoms with Gasteiger partial charge in [0.2, 0.25) is 12.1 Å². The van der Waals surface area contributed by atoms with Gasteiger partial charge in [0.15, 0.2) is 0 Å². The van der Waals surface area contributed by atoms with Gasteiger partial charge in [-0.05, 0) is 11.8 Å². The number of rotatable bonds is 3. The Morgan fingerprint density at radius 3 is 2.93 bits per heavy atom. The van der Waals surface area contributed by atoms with Crippen LogP contribution >= 0.6 is 0 Å². The summed E-state index contributed by atoms with van der Waals surface area (Å²) in [5.41, 5.74) is 1.07. The van der Waals surface area contributed by atoms with Crippen LogP contribution in [0.2, 0.25) is 0 Å². The van der Waals surface area contributed by atoms with Crippen molar-refractivity contribution in [2.24, 2.45) is 4.36 Å². The molecule has 1 rings (SSSR count). The van der Waals surface area contributed by atoms with Gasteiger partial charge in [-0.3, -0.25) is 0 Å². The first kappa shape index (κ1) is 10.7. The minimum absolute atomic E-state index is 0.247. The maximum atomic E-state index is 8.35. The van der Waals surface area contributed by atoms with Crippen LogP contribution in [-0.4, -0.2) is 18.3 Å². The molecule has 0 aliphatic rings. The van der Waals surface area contributed by atoms with E-state index in [1.807, 2.05) is 12.3 Å². The minimum atomic E-state index is -0.247. The average Bonchev–Trinajstić information content (AvgIpc) is 2.19. The third-order valence-electron chi connectivity index (χ3n) is 1.58. The zero-order valence-electron chi connectivity index (χ0n) is 8.10. The molecule has 1 atom stereocenters. The van der Waals surface area contributed by atoms with Gasteiger partial charge in [-0.1, -0.05) is 16.8 Å². The summed E-state index contributed by atoms with van der Waals surface area (Å²) in [4.78, 5) is 4.07. The van der Waals surface area contributed by atoms with Gasteiger partial charge < -0.3 is 4.74 Å². The third kappa shape index (κ3) is 3.15.